The molecule has 0 saturated carbocycles. The summed E-state index contributed by atoms with van der Waals surface area (Å²) in [5.41, 5.74) is 7.71. The van der Waals surface area contributed by atoms with Crippen molar-refractivity contribution < 1.29 is 13.6 Å². The monoisotopic (exact) mass is 268 g/mol. The molecule has 0 aromatic heterocycles. The van der Waals surface area contributed by atoms with Gasteiger partial charge in [0.05, 0.1) is 0 Å². The van der Waals surface area contributed by atoms with E-state index in [9.17, 15) is 13.6 Å². The lowest BCUT2D eigenvalue weighted by Gasteiger charge is -2.08. The average molecular weight is 268 g/mol. The highest BCUT2D eigenvalue weighted by Gasteiger charge is 2.18. The molecule has 19 heavy (non-hydrogen) atoms. The molecule has 0 aliphatic carbocycles. The van der Waals surface area contributed by atoms with Gasteiger partial charge in [-0.3, -0.25) is 4.79 Å². The molecule has 0 saturated heterocycles. The maximum atomic E-state index is 13.6. The first kappa shape index (κ1) is 14.9. The fourth-order valence-corrected chi connectivity index (χ4v) is 1.51. The van der Waals surface area contributed by atoms with Gasteiger partial charge in [0.15, 0.2) is 0 Å². The molecule has 0 radical (unpaired) electrons. The second-order valence-corrected chi connectivity index (χ2v) is 3.97. The molecule has 0 aliphatic rings. The van der Waals surface area contributed by atoms with Crippen molar-refractivity contribution in [3.05, 3.63) is 45.3 Å². The third kappa shape index (κ3) is 4.22. The molecule has 1 amide bonds. The number of azide groups is 1. The smallest absolute Gasteiger partial charge is 0.257 e. The maximum absolute atomic E-state index is 13.6. The number of nitrogens with zero attached hydrogens (tertiary/aromatic N) is 3. The molecular weight excluding hydrogens is 254 g/mol. The molecule has 1 aromatic carbocycles. The number of hydrogen-bond donors (Lipinski definition) is 1. The summed E-state index contributed by atoms with van der Waals surface area (Å²) in [6, 6.07) is 2.34. The lowest BCUT2D eigenvalue weighted by molar-refractivity contribution is 0.0944. The van der Waals surface area contributed by atoms with Crippen LogP contribution in [0.1, 0.15) is 28.8 Å². The van der Waals surface area contributed by atoms with E-state index in [2.05, 4.69) is 15.3 Å². The van der Waals surface area contributed by atoms with Crippen LogP contribution >= 0.6 is 0 Å². The van der Waals surface area contributed by atoms with Crippen LogP contribution < -0.4 is 5.32 Å². The number of carbonyl (C=O) groups excluding carboxylic acids is 1. The molecule has 0 heterocycles. The van der Waals surface area contributed by atoms with Crippen molar-refractivity contribution in [1.82, 2.24) is 5.32 Å². The SMILES string of the molecule is Cc1ccc(F)c(C(=O)NCCCCN=[N+]=[N-])c1F. The van der Waals surface area contributed by atoms with E-state index in [1.807, 2.05) is 0 Å². The van der Waals surface area contributed by atoms with Crippen LogP contribution in [-0.4, -0.2) is 19.0 Å². The number of rotatable bonds is 6. The van der Waals surface area contributed by atoms with Crippen LogP contribution in [0.5, 0.6) is 0 Å². The van der Waals surface area contributed by atoms with Crippen LogP contribution in [0.15, 0.2) is 17.2 Å². The molecule has 1 aromatic rings. The second-order valence-electron chi connectivity index (χ2n) is 3.97. The predicted molar refractivity (Wildman–Crippen MR) is 66.7 cm³/mol. The van der Waals surface area contributed by atoms with Gasteiger partial charge in [-0.05, 0) is 36.9 Å². The first-order valence-corrected chi connectivity index (χ1v) is 5.81. The summed E-state index contributed by atoms with van der Waals surface area (Å²) in [5.74, 6) is -2.50. The minimum absolute atomic E-state index is 0.218. The lowest BCUT2D eigenvalue weighted by Crippen LogP contribution is -2.26. The third-order valence-electron chi connectivity index (χ3n) is 2.54. The fourth-order valence-electron chi connectivity index (χ4n) is 1.51. The van der Waals surface area contributed by atoms with E-state index in [-0.39, 0.29) is 12.1 Å². The van der Waals surface area contributed by atoms with Crippen molar-refractivity contribution in [3.63, 3.8) is 0 Å². The molecule has 0 fully saturated rings. The van der Waals surface area contributed by atoms with Crippen LogP contribution in [0.2, 0.25) is 0 Å². The number of unbranched alkanes of at least 4 members (excludes halogenated alkanes) is 1. The molecule has 0 aliphatic heterocycles. The number of benzene rings is 1. The molecular formula is C12H14F2N4O. The van der Waals surface area contributed by atoms with Crippen molar-refractivity contribution in [2.24, 2.45) is 5.11 Å². The molecule has 0 atom stereocenters. The number of carbonyl (C=O) groups is 1. The molecule has 7 heteroatoms. The van der Waals surface area contributed by atoms with Gasteiger partial charge in [0.2, 0.25) is 0 Å². The zero-order valence-electron chi connectivity index (χ0n) is 10.5. The summed E-state index contributed by atoms with van der Waals surface area (Å²) in [4.78, 5) is 14.2. The Labute approximate surface area is 109 Å². The second kappa shape index (κ2) is 7.33. The van der Waals surface area contributed by atoms with Crippen LogP contribution in [-0.2, 0) is 0 Å². The summed E-state index contributed by atoms with van der Waals surface area (Å²) >= 11 is 0. The average Bonchev–Trinajstić information content (AvgIpc) is 2.38. The molecule has 1 rings (SSSR count). The van der Waals surface area contributed by atoms with Gasteiger partial charge in [-0.25, -0.2) is 8.78 Å². The normalized spacial score (nSPS) is 9.84. The highest BCUT2D eigenvalue weighted by atomic mass is 19.1. The summed E-state index contributed by atoms with van der Waals surface area (Å²) in [7, 11) is 0. The van der Waals surface area contributed by atoms with E-state index in [0.29, 0.717) is 19.4 Å². The number of halogens is 2. The van der Waals surface area contributed by atoms with Crippen molar-refractivity contribution in [3.8, 4) is 0 Å². The fraction of sp³-hybridized carbons (Fsp3) is 0.417. The van der Waals surface area contributed by atoms with Gasteiger partial charge in [-0.1, -0.05) is 11.2 Å². The van der Waals surface area contributed by atoms with Crippen LogP contribution in [0.3, 0.4) is 0 Å². The minimum Gasteiger partial charge on any atom is -0.352 e. The van der Waals surface area contributed by atoms with E-state index in [0.717, 1.165) is 6.07 Å². The van der Waals surface area contributed by atoms with E-state index >= 15 is 0 Å². The highest BCUT2D eigenvalue weighted by molar-refractivity contribution is 5.94. The van der Waals surface area contributed by atoms with E-state index in [1.165, 1.54) is 13.0 Å². The molecule has 102 valence electrons. The highest BCUT2D eigenvalue weighted by Crippen LogP contribution is 2.16. The summed E-state index contributed by atoms with van der Waals surface area (Å²) < 4.78 is 27.0. The van der Waals surface area contributed by atoms with Gasteiger partial charge >= 0.3 is 0 Å². The van der Waals surface area contributed by atoms with Gasteiger partial charge in [0.1, 0.15) is 17.2 Å². The molecule has 0 bridgehead atoms. The van der Waals surface area contributed by atoms with Crippen molar-refractivity contribution in [2.75, 3.05) is 13.1 Å². The summed E-state index contributed by atoms with van der Waals surface area (Å²) in [6.07, 6.45) is 1.17. The van der Waals surface area contributed by atoms with Crippen molar-refractivity contribution in [2.45, 2.75) is 19.8 Å². The Morgan fingerprint density at radius 3 is 2.84 bits per heavy atom. The summed E-state index contributed by atoms with van der Waals surface area (Å²) in [6.45, 7) is 2.07. The van der Waals surface area contributed by atoms with Crippen LogP contribution in [0.25, 0.3) is 10.4 Å². The Morgan fingerprint density at radius 1 is 1.42 bits per heavy atom. The number of amides is 1. The first-order valence-electron chi connectivity index (χ1n) is 5.81. The zero-order valence-corrected chi connectivity index (χ0v) is 10.5. The number of aryl methyl sites for hydroxylation is 1. The van der Waals surface area contributed by atoms with Gasteiger partial charge < -0.3 is 5.32 Å². The van der Waals surface area contributed by atoms with Crippen LogP contribution in [0.4, 0.5) is 8.78 Å². The Balaban J connectivity index is 2.55. The van der Waals surface area contributed by atoms with Crippen LogP contribution in [0, 0.1) is 18.6 Å². The number of nitrogens with one attached hydrogen (secondary N) is 1. The van der Waals surface area contributed by atoms with E-state index in [4.69, 9.17) is 5.53 Å². The third-order valence-corrected chi connectivity index (χ3v) is 2.54. The largest absolute Gasteiger partial charge is 0.352 e. The summed E-state index contributed by atoms with van der Waals surface area (Å²) in [5, 5.41) is 5.77. The van der Waals surface area contributed by atoms with Crippen molar-refractivity contribution >= 4 is 5.91 Å². The maximum Gasteiger partial charge on any atom is 0.257 e. The van der Waals surface area contributed by atoms with Crippen molar-refractivity contribution in [1.29, 1.82) is 0 Å². The Hall–Kier alpha value is -2.14. The van der Waals surface area contributed by atoms with Gasteiger partial charge in [0.25, 0.3) is 5.91 Å². The molecule has 5 nitrogen and oxygen atoms in total. The molecule has 0 unspecified atom stereocenters. The molecule has 0 spiro atoms. The minimum atomic E-state index is -0.880. The lowest BCUT2D eigenvalue weighted by atomic mass is 10.1. The Morgan fingerprint density at radius 2 is 2.16 bits per heavy atom. The Bertz CT molecular complexity index is 513. The van der Waals surface area contributed by atoms with Gasteiger partial charge in [0, 0.05) is 18.0 Å². The van der Waals surface area contributed by atoms with E-state index < -0.39 is 23.1 Å². The zero-order chi connectivity index (χ0) is 14.3. The standard InChI is InChI=1S/C12H14F2N4O/c1-8-4-5-9(13)10(11(8)14)12(19)16-6-2-3-7-17-18-15/h4-5H,2-3,6-7H2,1H3,(H,16,19). The van der Waals surface area contributed by atoms with E-state index in [1.54, 1.807) is 0 Å². The quantitative estimate of drug-likeness (QED) is 0.366. The molecule has 1 N–H and O–H groups in total. The van der Waals surface area contributed by atoms with Gasteiger partial charge in [-0.2, -0.15) is 0 Å². The predicted octanol–water partition coefficient (Wildman–Crippen LogP) is 3.09. The topological polar surface area (TPSA) is 77.9 Å². The Kier molecular flexibility index (Phi) is 5.75. The number of hydrogen-bond acceptors (Lipinski definition) is 2. The van der Waals surface area contributed by atoms with Gasteiger partial charge in [-0.15, -0.1) is 0 Å². The first-order chi connectivity index (χ1) is 9.07.